The van der Waals surface area contributed by atoms with E-state index in [1.807, 2.05) is 26.8 Å². The number of ether oxygens (including phenoxy) is 1. The molecule has 34 heavy (non-hydrogen) atoms. The second kappa shape index (κ2) is 8.83. The summed E-state index contributed by atoms with van der Waals surface area (Å²) in [7, 11) is 1.53. The van der Waals surface area contributed by atoms with E-state index in [9.17, 15) is 9.59 Å². The fraction of sp³-hybridized carbons (Fsp3) is 0.250. The van der Waals surface area contributed by atoms with Crippen LogP contribution in [0.2, 0.25) is 5.02 Å². The molecule has 0 fully saturated rings. The third-order valence-electron chi connectivity index (χ3n) is 5.14. The molecule has 10 heteroatoms. The Bertz CT molecular complexity index is 1380. The third-order valence-corrected chi connectivity index (χ3v) is 5.50. The molecule has 2 amide bonds. The third kappa shape index (κ3) is 4.60. The highest BCUT2D eigenvalue weighted by atomic mass is 35.5. The van der Waals surface area contributed by atoms with Gasteiger partial charge in [-0.2, -0.15) is 5.10 Å². The van der Waals surface area contributed by atoms with Gasteiger partial charge in [-0.3, -0.25) is 9.59 Å². The smallest absolute Gasteiger partial charge is 0.255 e. The summed E-state index contributed by atoms with van der Waals surface area (Å²) >= 11 is 6.54. The number of carbonyl (C=O) groups excluding carboxylic acids is 2. The van der Waals surface area contributed by atoms with Gasteiger partial charge in [0.25, 0.3) is 5.91 Å². The molecule has 176 valence electrons. The Morgan fingerprint density at radius 2 is 1.76 bits per heavy atom. The number of aromatic nitrogens is 4. The van der Waals surface area contributed by atoms with E-state index in [0.717, 1.165) is 11.3 Å². The fourth-order valence-electron chi connectivity index (χ4n) is 3.46. The van der Waals surface area contributed by atoms with Crippen molar-refractivity contribution in [3.05, 3.63) is 58.7 Å². The molecule has 4 rings (SSSR count). The summed E-state index contributed by atoms with van der Waals surface area (Å²) in [6, 6.07) is 11.9. The monoisotopic (exact) mass is 480 g/mol. The van der Waals surface area contributed by atoms with Crippen LogP contribution in [0.5, 0.6) is 5.75 Å². The molecule has 4 aromatic rings. The number of amides is 2. The van der Waals surface area contributed by atoms with E-state index in [1.54, 1.807) is 36.4 Å². The van der Waals surface area contributed by atoms with Gasteiger partial charge in [-0.25, -0.2) is 0 Å². The largest absolute Gasteiger partial charge is 0.495 e. The second-order valence-electron chi connectivity index (χ2n) is 8.85. The Balaban J connectivity index is 1.62. The summed E-state index contributed by atoms with van der Waals surface area (Å²) in [6.07, 6.45) is 0. The average Bonchev–Trinajstić information content (AvgIpc) is 3.33. The second-order valence-corrected chi connectivity index (χ2v) is 9.23. The Kier molecular flexibility index (Phi) is 6.05. The molecule has 2 heterocycles. The Morgan fingerprint density at radius 3 is 2.35 bits per heavy atom. The van der Waals surface area contributed by atoms with E-state index in [2.05, 4.69) is 25.8 Å². The number of carbonyl (C=O) groups is 2. The number of aromatic amines is 1. The normalized spacial score (nSPS) is 11.5. The molecule has 0 aliphatic carbocycles. The number of hydrogen-bond donors (Lipinski definition) is 3. The van der Waals surface area contributed by atoms with Crippen LogP contribution in [0.15, 0.2) is 42.5 Å². The van der Waals surface area contributed by atoms with Gasteiger partial charge in [0.05, 0.1) is 18.5 Å². The first kappa shape index (κ1) is 23.3. The maximum absolute atomic E-state index is 12.8. The van der Waals surface area contributed by atoms with Crippen LogP contribution in [0.1, 0.15) is 43.7 Å². The van der Waals surface area contributed by atoms with Crippen molar-refractivity contribution in [1.82, 2.24) is 19.8 Å². The molecule has 0 unspecified atom stereocenters. The highest BCUT2D eigenvalue weighted by Crippen LogP contribution is 2.33. The van der Waals surface area contributed by atoms with Gasteiger partial charge in [-0.05, 0) is 42.5 Å². The number of methoxy groups -OCH3 is 1. The number of halogens is 1. The number of H-pyrrole nitrogens is 1. The van der Waals surface area contributed by atoms with Crippen LogP contribution in [-0.4, -0.2) is 38.7 Å². The van der Waals surface area contributed by atoms with Crippen LogP contribution in [0.3, 0.4) is 0 Å². The number of rotatable bonds is 5. The zero-order valence-corrected chi connectivity index (χ0v) is 20.2. The van der Waals surface area contributed by atoms with Crippen molar-refractivity contribution in [2.75, 3.05) is 17.7 Å². The summed E-state index contributed by atoms with van der Waals surface area (Å²) in [5.41, 5.74) is 3.37. The van der Waals surface area contributed by atoms with Gasteiger partial charge in [0, 0.05) is 29.2 Å². The van der Waals surface area contributed by atoms with Crippen molar-refractivity contribution in [2.45, 2.75) is 33.1 Å². The summed E-state index contributed by atoms with van der Waals surface area (Å²) < 4.78 is 6.90. The standard InChI is InChI=1S/C24H25ClN6O3/c1-13(32)26-16-9-6-14(7-10-16)23(33)27-17-12-15(8-11-18(17)34-5)21-28-22-19(25)20(24(2,3)4)29-31(22)30-21/h6-12H,1-5H3,(H,26,32)(H,27,33)(H,28,30). The summed E-state index contributed by atoms with van der Waals surface area (Å²) in [5, 5.41) is 15.1. The van der Waals surface area contributed by atoms with Crippen LogP contribution in [-0.2, 0) is 10.2 Å². The lowest BCUT2D eigenvalue weighted by Crippen LogP contribution is -2.13. The summed E-state index contributed by atoms with van der Waals surface area (Å²) in [4.78, 5) is 27.2. The molecule has 2 aromatic heterocycles. The average molecular weight is 481 g/mol. The number of nitrogens with zero attached hydrogens (tertiary/aromatic N) is 3. The van der Waals surface area contributed by atoms with Crippen molar-refractivity contribution in [2.24, 2.45) is 0 Å². The first-order valence-corrected chi connectivity index (χ1v) is 11.0. The number of benzene rings is 2. The van der Waals surface area contributed by atoms with Crippen molar-refractivity contribution < 1.29 is 14.3 Å². The molecule has 9 nitrogen and oxygen atoms in total. The fourth-order valence-corrected chi connectivity index (χ4v) is 3.91. The molecule has 0 saturated carbocycles. The maximum Gasteiger partial charge on any atom is 0.255 e. The van der Waals surface area contributed by atoms with Gasteiger partial charge >= 0.3 is 0 Å². The first-order chi connectivity index (χ1) is 16.1. The predicted octanol–water partition coefficient (Wildman–Crippen LogP) is 4.89. The van der Waals surface area contributed by atoms with Crippen LogP contribution in [0.4, 0.5) is 11.4 Å². The van der Waals surface area contributed by atoms with Gasteiger partial charge in [0.15, 0.2) is 11.5 Å². The highest BCUT2D eigenvalue weighted by Gasteiger charge is 2.25. The molecule has 3 N–H and O–H groups in total. The first-order valence-electron chi connectivity index (χ1n) is 10.6. The van der Waals surface area contributed by atoms with Crippen LogP contribution < -0.4 is 15.4 Å². The number of hydrogen-bond acceptors (Lipinski definition) is 5. The molecule has 0 atom stereocenters. The van der Waals surface area contributed by atoms with Crippen molar-refractivity contribution in [3.8, 4) is 17.1 Å². The molecule has 0 bridgehead atoms. The molecule has 0 radical (unpaired) electrons. The van der Waals surface area contributed by atoms with Crippen LogP contribution in [0, 0.1) is 0 Å². The predicted molar refractivity (Wildman–Crippen MR) is 132 cm³/mol. The van der Waals surface area contributed by atoms with E-state index in [1.165, 1.54) is 18.7 Å². The minimum absolute atomic E-state index is 0.181. The van der Waals surface area contributed by atoms with Gasteiger partial charge in [-0.15, -0.1) is 9.73 Å². The number of fused-ring (bicyclic) bond motifs is 1. The molecule has 0 aliphatic rings. The topological polar surface area (TPSA) is 113 Å². The summed E-state index contributed by atoms with van der Waals surface area (Å²) in [6.45, 7) is 7.53. The lowest BCUT2D eigenvalue weighted by Gasteiger charge is -2.14. The Morgan fingerprint density at radius 1 is 1.06 bits per heavy atom. The molecule has 0 spiro atoms. The lowest BCUT2D eigenvalue weighted by molar-refractivity contribution is -0.114. The Labute approximate surface area is 201 Å². The van der Waals surface area contributed by atoms with Crippen LogP contribution in [0.25, 0.3) is 17.0 Å². The zero-order chi connectivity index (χ0) is 24.6. The molecule has 0 aliphatic heterocycles. The summed E-state index contributed by atoms with van der Waals surface area (Å²) in [5.74, 6) is 0.538. The van der Waals surface area contributed by atoms with Gasteiger partial charge in [0.1, 0.15) is 10.8 Å². The maximum atomic E-state index is 12.8. The SMILES string of the molecule is COc1ccc(-c2nn3nc(C(C)(C)C)c(Cl)c3[nH]2)cc1NC(=O)c1ccc(NC(C)=O)cc1. The van der Waals surface area contributed by atoms with Crippen molar-refractivity contribution in [3.63, 3.8) is 0 Å². The van der Waals surface area contributed by atoms with Gasteiger partial charge < -0.3 is 20.4 Å². The van der Waals surface area contributed by atoms with Gasteiger partial charge in [-0.1, -0.05) is 32.4 Å². The minimum Gasteiger partial charge on any atom is -0.495 e. The van der Waals surface area contributed by atoms with Crippen molar-refractivity contribution >= 4 is 40.4 Å². The van der Waals surface area contributed by atoms with Gasteiger partial charge in [0.2, 0.25) is 5.91 Å². The van der Waals surface area contributed by atoms with E-state index in [4.69, 9.17) is 16.3 Å². The van der Waals surface area contributed by atoms with Crippen LogP contribution >= 0.6 is 11.6 Å². The number of nitrogens with one attached hydrogen (secondary N) is 3. The molecular weight excluding hydrogens is 456 g/mol. The number of anilines is 2. The minimum atomic E-state index is -0.322. The zero-order valence-electron chi connectivity index (χ0n) is 19.5. The van der Waals surface area contributed by atoms with Crippen molar-refractivity contribution in [1.29, 1.82) is 0 Å². The molecule has 2 aromatic carbocycles. The highest BCUT2D eigenvalue weighted by molar-refractivity contribution is 6.34. The van der Waals surface area contributed by atoms with E-state index >= 15 is 0 Å². The Hall–Kier alpha value is -3.85. The van der Waals surface area contributed by atoms with E-state index < -0.39 is 0 Å². The molecular formula is C24H25ClN6O3. The lowest BCUT2D eigenvalue weighted by atomic mass is 9.92. The van der Waals surface area contributed by atoms with E-state index in [-0.39, 0.29) is 17.2 Å². The van der Waals surface area contributed by atoms with E-state index in [0.29, 0.717) is 39.2 Å². The molecule has 0 saturated heterocycles. The quantitative estimate of drug-likeness (QED) is 0.376.